The second kappa shape index (κ2) is 5.24. The van der Waals surface area contributed by atoms with Gasteiger partial charge in [-0.1, -0.05) is 11.6 Å². The van der Waals surface area contributed by atoms with Gasteiger partial charge in [0.1, 0.15) is 5.82 Å². The number of halogens is 2. The van der Waals surface area contributed by atoms with E-state index in [-0.39, 0.29) is 16.9 Å². The zero-order valence-corrected chi connectivity index (χ0v) is 10.8. The number of anilines is 2. The molecule has 4 nitrogen and oxygen atoms in total. The first-order valence-electron chi connectivity index (χ1n) is 5.46. The molecule has 0 aliphatic rings. The highest BCUT2D eigenvalue weighted by atomic mass is 35.5. The number of hydrogen-bond acceptors (Lipinski definition) is 3. The van der Waals surface area contributed by atoms with Crippen molar-refractivity contribution in [3.8, 4) is 0 Å². The fourth-order valence-corrected chi connectivity index (χ4v) is 1.73. The number of nitrogens with two attached hydrogens (primary N) is 1. The fraction of sp³-hybridized carbons (Fsp3) is 0.0769. The van der Waals surface area contributed by atoms with Gasteiger partial charge in [-0.25, -0.2) is 4.39 Å². The molecule has 0 radical (unpaired) electrons. The molecule has 0 aliphatic carbocycles. The Bertz CT molecular complexity index is 646. The van der Waals surface area contributed by atoms with Crippen LogP contribution in [0.5, 0.6) is 0 Å². The van der Waals surface area contributed by atoms with Gasteiger partial charge in [-0.2, -0.15) is 0 Å². The molecule has 1 amide bonds. The molecule has 2 aromatic rings. The summed E-state index contributed by atoms with van der Waals surface area (Å²) in [6, 6.07) is 5.47. The number of aromatic nitrogens is 1. The van der Waals surface area contributed by atoms with Gasteiger partial charge in [0, 0.05) is 22.6 Å². The van der Waals surface area contributed by atoms with Gasteiger partial charge < -0.3 is 11.1 Å². The van der Waals surface area contributed by atoms with Crippen LogP contribution >= 0.6 is 11.6 Å². The molecule has 0 saturated carbocycles. The Morgan fingerprint density at radius 1 is 1.42 bits per heavy atom. The van der Waals surface area contributed by atoms with Gasteiger partial charge in [0.05, 0.1) is 11.3 Å². The highest BCUT2D eigenvalue weighted by Gasteiger charge is 2.13. The highest BCUT2D eigenvalue weighted by Crippen LogP contribution is 2.21. The second-order valence-corrected chi connectivity index (χ2v) is 4.43. The lowest BCUT2D eigenvalue weighted by atomic mass is 10.2. The topological polar surface area (TPSA) is 68.0 Å². The molecule has 6 heteroatoms. The van der Waals surface area contributed by atoms with Gasteiger partial charge in [0.25, 0.3) is 5.91 Å². The molecule has 0 fully saturated rings. The minimum Gasteiger partial charge on any atom is -0.398 e. The molecular weight excluding hydrogens is 269 g/mol. The number of amides is 1. The molecule has 0 aliphatic heterocycles. The van der Waals surface area contributed by atoms with Crippen LogP contribution in [-0.2, 0) is 0 Å². The van der Waals surface area contributed by atoms with Crippen molar-refractivity contribution in [2.75, 3.05) is 11.1 Å². The number of hydrogen-bond donors (Lipinski definition) is 2. The van der Waals surface area contributed by atoms with Crippen molar-refractivity contribution < 1.29 is 9.18 Å². The number of rotatable bonds is 2. The monoisotopic (exact) mass is 279 g/mol. The third kappa shape index (κ3) is 3.00. The van der Waals surface area contributed by atoms with Crippen molar-refractivity contribution in [3.63, 3.8) is 0 Å². The van der Waals surface area contributed by atoms with Crippen LogP contribution in [0.15, 0.2) is 30.5 Å². The third-order valence-corrected chi connectivity index (χ3v) is 2.73. The van der Waals surface area contributed by atoms with Crippen molar-refractivity contribution in [2.24, 2.45) is 0 Å². The normalized spacial score (nSPS) is 10.3. The number of aryl methyl sites for hydroxylation is 1. The number of pyridine rings is 1. The van der Waals surface area contributed by atoms with Crippen molar-refractivity contribution in [1.82, 2.24) is 4.98 Å². The summed E-state index contributed by atoms with van der Waals surface area (Å²) in [7, 11) is 0. The molecule has 0 spiro atoms. The quantitative estimate of drug-likeness (QED) is 0.888. The Morgan fingerprint density at radius 2 is 2.16 bits per heavy atom. The lowest BCUT2D eigenvalue weighted by Gasteiger charge is -2.08. The van der Waals surface area contributed by atoms with E-state index in [1.807, 2.05) is 0 Å². The maximum absolute atomic E-state index is 13.5. The first-order valence-corrected chi connectivity index (χ1v) is 5.83. The summed E-state index contributed by atoms with van der Waals surface area (Å²) in [5.74, 6) is -1.11. The van der Waals surface area contributed by atoms with Gasteiger partial charge >= 0.3 is 0 Å². The molecule has 0 bridgehead atoms. The van der Waals surface area contributed by atoms with E-state index >= 15 is 0 Å². The predicted molar refractivity (Wildman–Crippen MR) is 72.7 cm³/mol. The first kappa shape index (κ1) is 13.3. The van der Waals surface area contributed by atoms with Gasteiger partial charge in [0.2, 0.25) is 0 Å². The molecule has 0 unspecified atom stereocenters. The van der Waals surface area contributed by atoms with Crippen LogP contribution in [-0.4, -0.2) is 10.9 Å². The van der Waals surface area contributed by atoms with Crippen LogP contribution in [0.4, 0.5) is 15.8 Å². The van der Waals surface area contributed by atoms with E-state index < -0.39 is 11.7 Å². The van der Waals surface area contributed by atoms with E-state index in [9.17, 15) is 9.18 Å². The van der Waals surface area contributed by atoms with Gasteiger partial charge in [-0.05, 0) is 31.2 Å². The summed E-state index contributed by atoms with van der Waals surface area (Å²) < 4.78 is 13.5. The largest absolute Gasteiger partial charge is 0.398 e. The summed E-state index contributed by atoms with van der Waals surface area (Å²) in [6.45, 7) is 1.76. The second-order valence-electron chi connectivity index (χ2n) is 3.99. The third-order valence-electron chi connectivity index (χ3n) is 2.49. The molecule has 98 valence electrons. The van der Waals surface area contributed by atoms with Gasteiger partial charge in [-0.3, -0.25) is 9.78 Å². The van der Waals surface area contributed by atoms with Crippen LogP contribution < -0.4 is 11.1 Å². The zero-order valence-electron chi connectivity index (χ0n) is 10.1. The van der Waals surface area contributed by atoms with Crippen molar-refractivity contribution in [3.05, 3.63) is 52.6 Å². The van der Waals surface area contributed by atoms with Crippen LogP contribution in [0.3, 0.4) is 0 Å². The summed E-state index contributed by atoms with van der Waals surface area (Å²) in [5.41, 5.74) is 6.89. The highest BCUT2D eigenvalue weighted by molar-refractivity contribution is 6.31. The van der Waals surface area contributed by atoms with Crippen LogP contribution in [0.1, 0.15) is 16.1 Å². The number of nitrogens with zero attached hydrogens (tertiary/aromatic N) is 1. The molecule has 0 atom stereocenters. The number of nitrogens with one attached hydrogen (secondary N) is 1. The maximum atomic E-state index is 13.5. The molecule has 1 aromatic carbocycles. The Morgan fingerprint density at radius 3 is 2.84 bits per heavy atom. The standard InChI is InChI=1S/C13H11ClFN3O/c1-7-4-11(16)9(6-17-7)13(19)18-12-5-8(14)2-3-10(12)15/h2-6H,1H3,(H2,16,17)(H,18,19). The predicted octanol–water partition coefficient (Wildman–Crippen LogP) is 3.02. The zero-order chi connectivity index (χ0) is 14.0. The molecular formula is C13H11ClFN3O. The Hall–Kier alpha value is -2.14. The maximum Gasteiger partial charge on any atom is 0.259 e. The summed E-state index contributed by atoms with van der Waals surface area (Å²) in [4.78, 5) is 16.0. The number of nitrogen functional groups attached to an aromatic ring is 1. The van der Waals surface area contributed by atoms with E-state index in [1.165, 1.54) is 24.4 Å². The Kier molecular flexibility index (Phi) is 3.66. The lowest BCUT2D eigenvalue weighted by molar-refractivity contribution is 0.102. The number of carbonyl (C=O) groups is 1. The van der Waals surface area contributed by atoms with Crippen LogP contribution in [0.25, 0.3) is 0 Å². The smallest absolute Gasteiger partial charge is 0.259 e. The molecule has 1 heterocycles. The van der Waals surface area contributed by atoms with Gasteiger partial charge in [0.15, 0.2) is 0 Å². The summed E-state index contributed by atoms with van der Waals surface area (Å²) in [6.07, 6.45) is 1.35. The lowest BCUT2D eigenvalue weighted by Crippen LogP contribution is -2.15. The summed E-state index contributed by atoms with van der Waals surface area (Å²) in [5, 5.41) is 2.73. The summed E-state index contributed by atoms with van der Waals surface area (Å²) >= 11 is 5.74. The van der Waals surface area contributed by atoms with E-state index in [0.29, 0.717) is 10.7 Å². The van der Waals surface area contributed by atoms with Crippen molar-refractivity contribution in [2.45, 2.75) is 6.92 Å². The Labute approximate surface area is 114 Å². The van der Waals surface area contributed by atoms with Crippen LogP contribution in [0.2, 0.25) is 5.02 Å². The molecule has 0 saturated heterocycles. The number of carbonyl (C=O) groups excluding carboxylic acids is 1. The Balaban J connectivity index is 2.28. The molecule has 2 rings (SSSR count). The van der Waals surface area contributed by atoms with E-state index in [0.717, 1.165) is 0 Å². The first-order chi connectivity index (χ1) is 8.97. The van der Waals surface area contributed by atoms with Crippen molar-refractivity contribution in [1.29, 1.82) is 0 Å². The van der Waals surface area contributed by atoms with Gasteiger partial charge in [-0.15, -0.1) is 0 Å². The van der Waals surface area contributed by atoms with E-state index in [4.69, 9.17) is 17.3 Å². The molecule has 19 heavy (non-hydrogen) atoms. The van der Waals surface area contributed by atoms with E-state index in [2.05, 4.69) is 10.3 Å². The average molecular weight is 280 g/mol. The molecule has 3 N–H and O–H groups in total. The number of benzene rings is 1. The molecule has 1 aromatic heterocycles. The SMILES string of the molecule is Cc1cc(N)c(C(=O)Nc2cc(Cl)ccc2F)cn1. The average Bonchev–Trinajstić information content (AvgIpc) is 2.33. The minimum absolute atomic E-state index is 0.00234. The minimum atomic E-state index is -0.573. The van der Waals surface area contributed by atoms with E-state index in [1.54, 1.807) is 13.0 Å². The van der Waals surface area contributed by atoms with Crippen molar-refractivity contribution >= 4 is 28.9 Å². The van der Waals surface area contributed by atoms with Crippen LogP contribution in [0, 0.1) is 12.7 Å². The fourth-order valence-electron chi connectivity index (χ4n) is 1.55.